The molecule has 4 atom stereocenters. The summed E-state index contributed by atoms with van der Waals surface area (Å²) in [6, 6.07) is 4.27. The molecule has 2 N–H and O–H groups in total. The SMILES string of the molecule is N#CCCCCN1CC(O)C1C1C(O)CN1CCCC#N. The topological polar surface area (TPSA) is 94.5 Å². The quantitative estimate of drug-likeness (QED) is 0.615. The number of nitrogens with zero attached hydrogens (tertiary/aromatic N) is 4. The monoisotopic (exact) mass is 292 g/mol. The van der Waals surface area contributed by atoms with E-state index in [1.165, 1.54) is 0 Å². The van der Waals surface area contributed by atoms with Gasteiger partial charge in [-0.2, -0.15) is 10.5 Å². The maximum absolute atomic E-state index is 10.0. The van der Waals surface area contributed by atoms with Crippen LogP contribution in [0.4, 0.5) is 0 Å². The lowest BCUT2D eigenvalue weighted by molar-refractivity contribution is -0.168. The molecular weight excluding hydrogens is 268 g/mol. The molecule has 2 fully saturated rings. The van der Waals surface area contributed by atoms with Crippen molar-refractivity contribution in [2.45, 2.75) is 56.4 Å². The molecule has 6 heteroatoms. The van der Waals surface area contributed by atoms with Gasteiger partial charge in [0.15, 0.2) is 0 Å². The van der Waals surface area contributed by atoms with E-state index in [-0.39, 0.29) is 24.3 Å². The van der Waals surface area contributed by atoms with Crippen molar-refractivity contribution in [1.29, 1.82) is 10.5 Å². The van der Waals surface area contributed by atoms with Gasteiger partial charge in [-0.1, -0.05) is 0 Å². The van der Waals surface area contributed by atoms with Gasteiger partial charge in [-0.3, -0.25) is 9.80 Å². The number of aliphatic hydroxyl groups is 2. The third-order valence-corrected chi connectivity index (χ3v) is 4.54. The maximum atomic E-state index is 10.0. The molecule has 0 amide bonds. The van der Waals surface area contributed by atoms with E-state index in [0.717, 1.165) is 32.4 Å². The van der Waals surface area contributed by atoms with Crippen molar-refractivity contribution in [3.63, 3.8) is 0 Å². The highest BCUT2D eigenvalue weighted by Gasteiger charge is 2.51. The van der Waals surface area contributed by atoms with E-state index in [2.05, 4.69) is 21.9 Å². The Morgan fingerprint density at radius 1 is 0.810 bits per heavy atom. The second kappa shape index (κ2) is 7.72. The number of hydrogen-bond acceptors (Lipinski definition) is 6. The molecule has 0 aromatic carbocycles. The highest BCUT2D eigenvalue weighted by atomic mass is 16.3. The average molecular weight is 292 g/mol. The first-order valence-corrected chi connectivity index (χ1v) is 7.77. The Morgan fingerprint density at radius 2 is 1.29 bits per heavy atom. The lowest BCUT2D eigenvalue weighted by atomic mass is 9.82. The third kappa shape index (κ3) is 3.72. The number of hydrogen-bond donors (Lipinski definition) is 2. The van der Waals surface area contributed by atoms with Crippen LogP contribution in [-0.4, -0.2) is 70.5 Å². The van der Waals surface area contributed by atoms with Crippen LogP contribution in [0.5, 0.6) is 0 Å². The molecule has 0 spiro atoms. The second-order valence-electron chi connectivity index (χ2n) is 5.98. The summed E-state index contributed by atoms with van der Waals surface area (Å²) < 4.78 is 0. The molecule has 116 valence electrons. The van der Waals surface area contributed by atoms with Crippen molar-refractivity contribution in [3.8, 4) is 12.1 Å². The van der Waals surface area contributed by atoms with Gasteiger partial charge in [-0.15, -0.1) is 0 Å². The second-order valence-corrected chi connectivity index (χ2v) is 5.98. The normalized spacial score (nSPS) is 32.8. The van der Waals surface area contributed by atoms with Crippen LogP contribution in [0.15, 0.2) is 0 Å². The minimum absolute atomic E-state index is 0.00192. The van der Waals surface area contributed by atoms with E-state index >= 15 is 0 Å². The summed E-state index contributed by atoms with van der Waals surface area (Å²) in [7, 11) is 0. The molecule has 0 aromatic heterocycles. The van der Waals surface area contributed by atoms with Gasteiger partial charge in [0.1, 0.15) is 0 Å². The van der Waals surface area contributed by atoms with Crippen LogP contribution in [-0.2, 0) is 0 Å². The highest BCUT2D eigenvalue weighted by molar-refractivity contribution is 5.08. The van der Waals surface area contributed by atoms with Crippen LogP contribution in [0.2, 0.25) is 0 Å². The van der Waals surface area contributed by atoms with E-state index in [9.17, 15) is 10.2 Å². The average Bonchev–Trinajstić information content (AvgIpc) is 2.47. The van der Waals surface area contributed by atoms with Crippen LogP contribution in [0.25, 0.3) is 0 Å². The van der Waals surface area contributed by atoms with E-state index < -0.39 is 0 Å². The van der Waals surface area contributed by atoms with Crippen LogP contribution >= 0.6 is 0 Å². The molecule has 21 heavy (non-hydrogen) atoms. The number of unbranched alkanes of at least 4 members (excludes halogenated alkanes) is 3. The van der Waals surface area contributed by atoms with Gasteiger partial charge in [0.2, 0.25) is 0 Å². The first-order chi connectivity index (χ1) is 10.2. The van der Waals surface area contributed by atoms with Crippen LogP contribution in [0.3, 0.4) is 0 Å². The van der Waals surface area contributed by atoms with Crippen molar-refractivity contribution < 1.29 is 10.2 Å². The maximum Gasteiger partial charge on any atom is 0.0838 e. The zero-order valence-electron chi connectivity index (χ0n) is 12.4. The van der Waals surface area contributed by atoms with Gasteiger partial charge >= 0.3 is 0 Å². The molecule has 2 aliphatic heterocycles. The smallest absolute Gasteiger partial charge is 0.0838 e. The van der Waals surface area contributed by atoms with E-state index in [1.54, 1.807) is 0 Å². The van der Waals surface area contributed by atoms with Crippen molar-refractivity contribution in [3.05, 3.63) is 0 Å². The molecule has 0 radical (unpaired) electrons. The van der Waals surface area contributed by atoms with Gasteiger partial charge in [0.05, 0.1) is 36.4 Å². The standard InChI is InChI=1S/C15H24N4O2/c16-6-2-1-4-8-18-10-12(20)14(18)15-13(21)11-19(15)9-5-3-7-17/h12-15,20-21H,1-5,8-11H2. The summed E-state index contributed by atoms with van der Waals surface area (Å²) >= 11 is 0. The Bertz CT molecular complexity index is 417. The van der Waals surface area contributed by atoms with E-state index in [0.29, 0.717) is 25.9 Å². The zero-order chi connectivity index (χ0) is 15.2. The molecule has 2 saturated heterocycles. The molecule has 0 aliphatic carbocycles. The van der Waals surface area contributed by atoms with Gasteiger partial charge in [-0.05, 0) is 32.4 Å². The van der Waals surface area contributed by atoms with Crippen molar-refractivity contribution in [1.82, 2.24) is 9.80 Å². The molecule has 2 aliphatic rings. The molecular formula is C15H24N4O2. The largest absolute Gasteiger partial charge is 0.390 e. The number of aliphatic hydroxyl groups excluding tert-OH is 2. The first-order valence-electron chi connectivity index (χ1n) is 7.77. The summed E-state index contributed by atoms with van der Waals surface area (Å²) in [6.07, 6.45) is 3.00. The Hall–Kier alpha value is -1.18. The van der Waals surface area contributed by atoms with Crippen molar-refractivity contribution in [2.24, 2.45) is 0 Å². The highest BCUT2D eigenvalue weighted by Crippen LogP contribution is 2.32. The molecule has 2 heterocycles. The predicted molar refractivity (Wildman–Crippen MR) is 77.0 cm³/mol. The minimum Gasteiger partial charge on any atom is -0.390 e. The Labute approximate surface area is 126 Å². The molecule has 0 saturated carbocycles. The van der Waals surface area contributed by atoms with Gasteiger partial charge in [-0.25, -0.2) is 0 Å². The minimum atomic E-state index is -0.381. The lowest BCUT2D eigenvalue weighted by Crippen LogP contribution is -2.76. The van der Waals surface area contributed by atoms with Crippen LogP contribution < -0.4 is 0 Å². The lowest BCUT2D eigenvalue weighted by Gasteiger charge is -2.58. The summed E-state index contributed by atoms with van der Waals surface area (Å²) in [5, 5.41) is 37.2. The van der Waals surface area contributed by atoms with Crippen LogP contribution in [0.1, 0.15) is 32.1 Å². The molecule has 6 nitrogen and oxygen atoms in total. The third-order valence-electron chi connectivity index (χ3n) is 4.54. The Balaban J connectivity index is 1.80. The van der Waals surface area contributed by atoms with Gasteiger partial charge < -0.3 is 10.2 Å². The van der Waals surface area contributed by atoms with Gasteiger partial charge in [0, 0.05) is 25.9 Å². The Kier molecular flexibility index (Phi) is 5.96. The summed E-state index contributed by atoms with van der Waals surface area (Å²) in [5.74, 6) is 0. The van der Waals surface area contributed by atoms with Gasteiger partial charge in [0.25, 0.3) is 0 Å². The number of nitriles is 2. The Morgan fingerprint density at radius 3 is 1.76 bits per heavy atom. The number of rotatable bonds is 8. The first kappa shape index (κ1) is 16.2. The fourth-order valence-corrected chi connectivity index (χ4v) is 3.40. The van der Waals surface area contributed by atoms with Crippen molar-refractivity contribution >= 4 is 0 Å². The zero-order valence-corrected chi connectivity index (χ0v) is 12.4. The summed E-state index contributed by atoms with van der Waals surface area (Å²) in [6.45, 7) is 2.98. The van der Waals surface area contributed by atoms with Crippen molar-refractivity contribution in [2.75, 3.05) is 26.2 Å². The fraction of sp³-hybridized carbons (Fsp3) is 0.867. The molecule has 0 bridgehead atoms. The predicted octanol–water partition coefficient (Wildman–Crippen LogP) is 0.0743. The number of β-amino-alcohol motifs (C(OH)–C–C–N with tert-alkyl or cyclic N) is 2. The molecule has 2 rings (SSSR count). The fourth-order valence-electron chi connectivity index (χ4n) is 3.40. The number of likely N-dealkylation sites (tertiary alicyclic amines) is 2. The summed E-state index contributed by atoms with van der Waals surface area (Å²) in [5.41, 5.74) is 0. The van der Waals surface area contributed by atoms with E-state index in [4.69, 9.17) is 10.5 Å². The molecule has 0 aromatic rings. The summed E-state index contributed by atoms with van der Waals surface area (Å²) in [4.78, 5) is 4.39. The molecule has 4 unspecified atom stereocenters. The van der Waals surface area contributed by atoms with Crippen LogP contribution in [0, 0.1) is 22.7 Å². The van der Waals surface area contributed by atoms with E-state index in [1.807, 2.05) is 0 Å².